The summed E-state index contributed by atoms with van der Waals surface area (Å²) in [7, 11) is -3.64. The number of carbonyl (C=O) groups excluding carboxylic acids is 5. The molecule has 0 radical (unpaired) electrons. The van der Waals surface area contributed by atoms with Gasteiger partial charge in [-0.2, -0.15) is 8.42 Å². The van der Waals surface area contributed by atoms with E-state index in [9.17, 15) is 32.4 Å². The highest BCUT2D eigenvalue weighted by atomic mass is 32.2. The highest BCUT2D eigenvalue weighted by molar-refractivity contribution is 7.86. The van der Waals surface area contributed by atoms with Crippen LogP contribution in [0.3, 0.4) is 0 Å². The Balaban J connectivity index is 0.000000202. The number of benzene rings is 6. The molecule has 20 heteroatoms. The summed E-state index contributed by atoms with van der Waals surface area (Å²) >= 11 is 0. The van der Waals surface area contributed by atoms with Gasteiger partial charge in [0.25, 0.3) is 21.9 Å². The zero-order valence-corrected chi connectivity index (χ0v) is 41.8. The molecule has 6 aromatic carbocycles. The van der Waals surface area contributed by atoms with E-state index in [0.29, 0.717) is 53.3 Å². The van der Waals surface area contributed by atoms with Gasteiger partial charge >= 0.3 is 18.2 Å². The number of esters is 1. The molecule has 0 bridgehead atoms. The molecular formula is C54H56N8O11S. The summed E-state index contributed by atoms with van der Waals surface area (Å²) in [5.41, 5.74) is 3.09. The van der Waals surface area contributed by atoms with Gasteiger partial charge in [0, 0.05) is 66.4 Å². The van der Waals surface area contributed by atoms with E-state index in [1.54, 1.807) is 77.7 Å². The summed E-state index contributed by atoms with van der Waals surface area (Å²) in [6.45, 7) is 7.96. The first-order valence-corrected chi connectivity index (χ1v) is 25.7. The van der Waals surface area contributed by atoms with E-state index in [-0.39, 0.29) is 48.9 Å². The third-order valence-electron chi connectivity index (χ3n) is 12.3. The fourth-order valence-corrected chi connectivity index (χ4v) is 8.94. The van der Waals surface area contributed by atoms with Gasteiger partial charge in [-0.15, -0.1) is 0 Å². The first-order chi connectivity index (χ1) is 35.4. The highest BCUT2D eigenvalue weighted by Gasteiger charge is 2.35. The third-order valence-corrected chi connectivity index (χ3v) is 12.9. The van der Waals surface area contributed by atoms with Gasteiger partial charge < -0.3 is 24.8 Å². The highest BCUT2D eigenvalue weighted by Crippen LogP contribution is 2.25. The van der Waals surface area contributed by atoms with Crippen LogP contribution < -0.4 is 20.4 Å². The fraction of sp³-hybridized carbons (Fsp3) is 0.278. The Kier molecular flexibility index (Phi) is 16.4. The SMILES string of the molecule is CC(C)OC(=O)CN1CCN(CC2CN(c3ccc(C(=N)NC(=O)c4ccc5ccccc5c4)cc3)C(=O)O2)CC1.CS(=O)(=O)OCC1CN(c2ccc(C(=N)NC(=O)c3ccc4ccccc4c3)cc2)C(=O)O1. The largest absolute Gasteiger partial charge is 0.462 e. The maximum absolute atomic E-state index is 12.7. The zero-order valence-electron chi connectivity index (χ0n) is 41.0. The molecule has 3 fully saturated rings. The van der Waals surface area contributed by atoms with Crippen LogP contribution in [0.5, 0.6) is 0 Å². The van der Waals surface area contributed by atoms with Crippen LogP contribution in [-0.4, -0.2) is 143 Å². The van der Waals surface area contributed by atoms with Gasteiger partial charge in [0.1, 0.15) is 30.5 Å². The van der Waals surface area contributed by atoms with Crippen LogP contribution in [0.25, 0.3) is 21.5 Å². The standard InChI is InChI=1S/C31H35N5O5.C23H21N3O6S/c1-21(2)40-28(37)20-35-15-13-34(14-16-35)18-27-19-36(31(39)41-27)26-11-9-23(10-12-26)29(32)33-30(38)25-8-7-22-5-3-4-6-24(22)17-25;1-33(29,30)31-14-20-13-26(23(28)32-20)19-10-8-16(9-11-19)21(24)25-22(27)18-7-6-15-4-2-3-5-17(15)12-18/h3-12,17,21,27H,13-16,18-20H2,1-2H3,(H2,32,33,38);2-12,20H,13-14H2,1H3,(H2,24,25,27). The number of carbonyl (C=O) groups is 5. The van der Waals surface area contributed by atoms with Crippen LogP contribution in [-0.2, 0) is 33.3 Å². The Morgan fingerprint density at radius 3 is 1.49 bits per heavy atom. The monoisotopic (exact) mass is 1020 g/mol. The van der Waals surface area contributed by atoms with Gasteiger partial charge in [-0.3, -0.25) is 49.0 Å². The number of cyclic esters (lactones) is 2. The Labute approximate surface area is 428 Å². The second-order valence-corrected chi connectivity index (χ2v) is 19.9. The summed E-state index contributed by atoms with van der Waals surface area (Å²) < 4.78 is 42.9. The zero-order chi connectivity index (χ0) is 52.5. The molecule has 0 aliphatic carbocycles. The number of rotatable bonds is 14. The number of nitrogens with one attached hydrogen (secondary N) is 4. The number of fused-ring (bicyclic) bond motifs is 2. The number of anilines is 2. The number of piperazine rings is 1. The van der Waals surface area contributed by atoms with Crippen molar-refractivity contribution in [1.29, 1.82) is 10.8 Å². The van der Waals surface area contributed by atoms with Crippen molar-refractivity contribution in [2.24, 2.45) is 0 Å². The van der Waals surface area contributed by atoms with Crippen molar-refractivity contribution < 1.29 is 50.8 Å². The van der Waals surface area contributed by atoms with E-state index >= 15 is 0 Å². The average molecular weight is 1030 g/mol. The molecule has 2 atom stereocenters. The normalized spacial score (nSPS) is 17.1. The van der Waals surface area contributed by atoms with E-state index in [1.807, 2.05) is 74.5 Å². The number of ether oxygens (including phenoxy) is 3. The third kappa shape index (κ3) is 13.7. The van der Waals surface area contributed by atoms with Crippen LogP contribution in [0.15, 0.2) is 133 Å². The number of hydrogen-bond donors (Lipinski definition) is 4. The topological polar surface area (TPSA) is 241 Å². The number of nitrogens with zero attached hydrogens (tertiary/aromatic N) is 4. The smallest absolute Gasteiger partial charge is 0.414 e. The summed E-state index contributed by atoms with van der Waals surface area (Å²) in [5, 5.41) is 25.8. The van der Waals surface area contributed by atoms with Gasteiger partial charge in [0.05, 0.1) is 32.0 Å². The molecular weight excluding hydrogens is 969 g/mol. The maximum atomic E-state index is 12.7. The van der Waals surface area contributed by atoms with Crippen molar-refractivity contribution in [2.45, 2.75) is 32.2 Å². The molecule has 0 aromatic heterocycles. The molecule has 3 aliphatic rings. The lowest BCUT2D eigenvalue weighted by atomic mass is 10.1. The average Bonchev–Trinajstić information content (AvgIpc) is 3.96. The Morgan fingerprint density at radius 1 is 0.608 bits per heavy atom. The maximum Gasteiger partial charge on any atom is 0.414 e. The van der Waals surface area contributed by atoms with Crippen molar-refractivity contribution in [2.75, 3.05) is 75.0 Å². The predicted octanol–water partition coefficient (Wildman–Crippen LogP) is 6.39. The Bertz CT molecular complexity index is 3200. The Hall–Kier alpha value is -8.04. The van der Waals surface area contributed by atoms with Gasteiger partial charge in [-0.1, -0.05) is 60.7 Å². The molecule has 384 valence electrons. The van der Waals surface area contributed by atoms with Crippen molar-refractivity contribution >= 4 is 84.7 Å². The minimum absolute atomic E-state index is 0.0202. The van der Waals surface area contributed by atoms with E-state index in [0.717, 1.165) is 54.0 Å². The van der Waals surface area contributed by atoms with Gasteiger partial charge in [-0.25, -0.2) is 9.59 Å². The van der Waals surface area contributed by atoms with E-state index in [1.165, 1.54) is 4.90 Å². The number of amidine groups is 2. The minimum atomic E-state index is -3.64. The first-order valence-electron chi connectivity index (χ1n) is 23.9. The number of hydrogen-bond acceptors (Lipinski definition) is 15. The summed E-state index contributed by atoms with van der Waals surface area (Å²) in [6.07, 6.45) is -1.20. The molecule has 19 nitrogen and oxygen atoms in total. The quantitative estimate of drug-likeness (QED) is 0.0305. The van der Waals surface area contributed by atoms with E-state index in [4.69, 9.17) is 29.2 Å². The van der Waals surface area contributed by atoms with E-state index in [2.05, 4.69) is 20.4 Å². The van der Waals surface area contributed by atoms with Crippen LogP contribution in [0.1, 0.15) is 45.7 Å². The lowest BCUT2D eigenvalue weighted by molar-refractivity contribution is -0.149. The minimum Gasteiger partial charge on any atom is -0.462 e. The summed E-state index contributed by atoms with van der Waals surface area (Å²) in [5.74, 6) is -1.06. The molecule has 0 spiro atoms. The summed E-state index contributed by atoms with van der Waals surface area (Å²) in [6, 6.07) is 39.6. The molecule has 9 rings (SSSR count). The van der Waals surface area contributed by atoms with Gasteiger partial charge in [0.2, 0.25) is 0 Å². The molecule has 4 amide bonds. The number of amides is 4. The van der Waals surface area contributed by atoms with Crippen LogP contribution in [0.4, 0.5) is 21.0 Å². The van der Waals surface area contributed by atoms with Crippen LogP contribution in [0.2, 0.25) is 0 Å². The van der Waals surface area contributed by atoms with Crippen LogP contribution in [0, 0.1) is 10.8 Å². The fourth-order valence-electron chi connectivity index (χ4n) is 8.54. The van der Waals surface area contributed by atoms with E-state index < -0.39 is 34.3 Å². The Morgan fingerprint density at radius 2 is 1.03 bits per heavy atom. The molecule has 4 N–H and O–H groups in total. The summed E-state index contributed by atoms with van der Waals surface area (Å²) in [4.78, 5) is 69.3. The van der Waals surface area contributed by atoms with Crippen molar-refractivity contribution in [3.05, 3.63) is 156 Å². The lowest BCUT2D eigenvalue weighted by Crippen LogP contribution is -2.50. The van der Waals surface area contributed by atoms with Crippen LogP contribution >= 0.6 is 0 Å². The molecule has 3 heterocycles. The van der Waals surface area contributed by atoms with Crippen molar-refractivity contribution in [3.63, 3.8) is 0 Å². The molecule has 6 aromatic rings. The van der Waals surface area contributed by atoms with Crippen molar-refractivity contribution in [3.8, 4) is 0 Å². The second kappa shape index (κ2) is 23.2. The lowest BCUT2D eigenvalue weighted by Gasteiger charge is -2.34. The molecule has 3 aliphatic heterocycles. The van der Waals surface area contributed by atoms with Crippen molar-refractivity contribution in [1.82, 2.24) is 20.4 Å². The molecule has 74 heavy (non-hydrogen) atoms. The molecule has 3 saturated heterocycles. The van der Waals surface area contributed by atoms with Gasteiger partial charge in [-0.05, 0) is 108 Å². The second-order valence-electron chi connectivity index (χ2n) is 18.2. The predicted molar refractivity (Wildman–Crippen MR) is 280 cm³/mol. The van der Waals surface area contributed by atoms with Gasteiger partial charge in [0.15, 0.2) is 0 Å². The molecule has 0 saturated carbocycles. The molecule has 2 unspecified atom stereocenters. The first kappa shape index (κ1) is 52.3.